The van der Waals surface area contributed by atoms with Gasteiger partial charge in [-0.1, -0.05) is 26.7 Å². The second kappa shape index (κ2) is 4.47. The highest BCUT2D eigenvalue weighted by molar-refractivity contribution is 5.82. The summed E-state index contributed by atoms with van der Waals surface area (Å²) in [7, 11) is 0. The van der Waals surface area contributed by atoms with Crippen LogP contribution < -0.4 is 0 Å². The zero-order valence-corrected chi connectivity index (χ0v) is 10.3. The van der Waals surface area contributed by atoms with Gasteiger partial charge in [0.1, 0.15) is 0 Å². The predicted molar refractivity (Wildman–Crippen MR) is 60.9 cm³/mol. The third-order valence-electron chi connectivity index (χ3n) is 3.43. The van der Waals surface area contributed by atoms with Gasteiger partial charge in [0.15, 0.2) is 0 Å². The molecule has 5 heteroatoms. The number of aromatic nitrogens is 2. The van der Waals surface area contributed by atoms with Crippen LogP contribution >= 0.6 is 0 Å². The monoisotopic (exact) mass is 238 g/mol. The predicted octanol–water partition coefficient (Wildman–Crippen LogP) is 2.63. The van der Waals surface area contributed by atoms with Crippen LogP contribution in [-0.4, -0.2) is 21.2 Å². The van der Waals surface area contributed by atoms with E-state index in [0.717, 1.165) is 32.1 Å². The van der Waals surface area contributed by atoms with E-state index in [4.69, 9.17) is 9.63 Å². The lowest BCUT2D eigenvalue weighted by molar-refractivity contribution is 0.0680. The number of nitrogens with zero attached hydrogens (tertiary/aromatic N) is 2. The van der Waals surface area contributed by atoms with Gasteiger partial charge in [0, 0.05) is 5.41 Å². The van der Waals surface area contributed by atoms with E-state index in [1.807, 2.05) is 0 Å². The van der Waals surface area contributed by atoms with E-state index >= 15 is 0 Å². The largest absolute Gasteiger partial charge is 0.475 e. The van der Waals surface area contributed by atoms with Crippen molar-refractivity contribution in [3.05, 3.63) is 11.7 Å². The zero-order chi connectivity index (χ0) is 12.5. The van der Waals surface area contributed by atoms with Crippen LogP contribution in [-0.2, 0) is 5.41 Å². The van der Waals surface area contributed by atoms with E-state index in [1.54, 1.807) is 0 Å². The van der Waals surface area contributed by atoms with E-state index < -0.39 is 5.97 Å². The molecule has 0 spiro atoms. The molecule has 1 saturated carbocycles. The molecule has 1 fully saturated rings. The summed E-state index contributed by atoms with van der Waals surface area (Å²) in [5.41, 5.74) is -0.0884. The van der Waals surface area contributed by atoms with Gasteiger partial charge in [-0.05, 0) is 30.3 Å². The summed E-state index contributed by atoms with van der Waals surface area (Å²) < 4.78 is 5.17. The molecule has 0 aliphatic heterocycles. The first-order valence-electron chi connectivity index (χ1n) is 6.11. The Balaban J connectivity index is 2.28. The molecular weight excluding hydrogens is 220 g/mol. The summed E-state index contributed by atoms with van der Waals surface area (Å²) >= 11 is 0. The molecule has 0 radical (unpaired) electrons. The lowest BCUT2D eigenvalue weighted by Crippen LogP contribution is -2.25. The number of aromatic carboxylic acids is 1. The van der Waals surface area contributed by atoms with Crippen LogP contribution in [0, 0.1) is 5.92 Å². The second-order valence-electron chi connectivity index (χ2n) is 5.31. The number of hydrogen-bond acceptors (Lipinski definition) is 4. The van der Waals surface area contributed by atoms with Gasteiger partial charge in [0.05, 0.1) is 0 Å². The van der Waals surface area contributed by atoms with Gasteiger partial charge >= 0.3 is 5.97 Å². The molecule has 1 aromatic rings. The molecule has 0 unspecified atom stereocenters. The third-order valence-corrected chi connectivity index (χ3v) is 3.43. The topological polar surface area (TPSA) is 76.2 Å². The molecule has 1 aromatic heterocycles. The van der Waals surface area contributed by atoms with Crippen LogP contribution in [0.25, 0.3) is 0 Å². The zero-order valence-electron chi connectivity index (χ0n) is 10.3. The lowest BCUT2D eigenvalue weighted by atomic mass is 9.78. The van der Waals surface area contributed by atoms with E-state index in [0.29, 0.717) is 11.8 Å². The molecule has 1 N–H and O–H groups in total. The van der Waals surface area contributed by atoms with E-state index in [9.17, 15) is 4.79 Å². The number of carbonyl (C=O) groups is 1. The van der Waals surface area contributed by atoms with Crippen molar-refractivity contribution in [2.45, 2.75) is 51.4 Å². The second-order valence-corrected chi connectivity index (χ2v) is 5.31. The van der Waals surface area contributed by atoms with Gasteiger partial charge in [-0.2, -0.15) is 4.98 Å². The lowest BCUT2D eigenvalue weighted by Gasteiger charge is -2.26. The molecule has 0 amide bonds. The summed E-state index contributed by atoms with van der Waals surface area (Å²) in [6, 6.07) is 0. The van der Waals surface area contributed by atoms with Crippen molar-refractivity contribution in [3.63, 3.8) is 0 Å². The summed E-state index contributed by atoms with van der Waals surface area (Å²) in [6.45, 7) is 4.32. The standard InChI is InChI=1S/C12H18N2O3/c1-8(2)7-12(5-3-4-6-12)11-13-9(10(15)16)14-17-11/h8H,3-7H2,1-2H3,(H,15,16). The van der Waals surface area contributed by atoms with Crippen LogP contribution in [0.3, 0.4) is 0 Å². The van der Waals surface area contributed by atoms with E-state index in [-0.39, 0.29) is 11.2 Å². The molecule has 1 aliphatic carbocycles. The van der Waals surface area contributed by atoms with Crippen molar-refractivity contribution < 1.29 is 14.4 Å². The molecule has 0 bridgehead atoms. The molecule has 0 atom stereocenters. The number of hydrogen-bond donors (Lipinski definition) is 1. The molecule has 1 heterocycles. The van der Waals surface area contributed by atoms with Crippen molar-refractivity contribution in [2.75, 3.05) is 0 Å². The van der Waals surface area contributed by atoms with E-state index in [2.05, 4.69) is 24.0 Å². The van der Waals surface area contributed by atoms with Gasteiger partial charge in [-0.3, -0.25) is 0 Å². The maximum absolute atomic E-state index is 10.8. The quantitative estimate of drug-likeness (QED) is 0.872. The van der Waals surface area contributed by atoms with Gasteiger partial charge < -0.3 is 9.63 Å². The van der Waals surface area contributed by atoms with Crippen LogP contribution in [0.2, 0.25) is 0 Å². The van der Waals surface area contributed by atoms with Crippen molar-refractivity contribution in [1.82, 2.24) is 10.1 Å². The molecule has 0 aromatic carbocycles. The third kappa shape index (κ3) is 2.33. The Bertz CT molecular complexity index is 406. The summed E-state index contributed by atoms with van der Waals surface area (Å²) in [5, 5.41) is 12.3. The average Bonchev–Trinajstić information content (AvgIpc) is 2.83. The summed E-state index contributed by atoms with van der Waals surface area (Å²) in [4.78, 5) is 14.8. The van der Waals surface area contributed by atoms with Crippen LogP contribution in [0.5, 0.6) is 0 Å². The Morgan fingerprint density at radius 3 is 2.59 bits per heavy atom. The van der Waals surface area contributed by atoms with Crippen molar-refractivity contribution in [3.8, 4) is 0 Å². The van der Waals surface area contributed by atoms with Crippen LogP contribution in [0.4, 0.5) is 0 Å². The Morgan fingerprint density at radius 1 is 1.47 bits per heavy atom. The molecule has 17 heavy (non-hydrogen) atoms. The molecule has 0 saturated heterocycles. The molecule has 94 valence electrons. The van der Waals surface area contributed by atoms with Crippen molar-refractivity contribution >= 4 is 5.97 Å². The SMILES string of the molecule is CC(C)CC1(c2nc(C(=O)O)no2)CCCC1. The summed E-state index contributed by atoms with van der Waals surface area (Å²) in [5.74, 6) is -0.304. The van der Waals surface area contributed by atoms with E-state index in [1.165, 1.54) is 0 Å². The fourth-order valence-electron chi connectivity index (χ4n) is 2.86. The van der Waals surface area contributed by atoms with Gasteiger partial charge in [0.2, 0.25) is 5.89 Å². The smallest absolute Gasteiger partial charge is 0.377 e. The van der Waals surface area contributed by atoms with Crippen molar-refractivity contribution in [1.29, 1.82) is 0 Å². The fraction of sp³-hybridized carbons (Fsp3) is 0.750. The first-order valence-corrected chi connectivity index (χ1v) is 6.11. The first-order chi connectivity index (χ1) is 8.03. The first kappa shape index (κ1) is 12.1. The highest BCUT2D eigenvalue weighted by Crippen LogP contribution is 2.44. The fourth-order valence-corrected chi connectivity index (χ4v) is 2.86. The minimum Gasteiger partial charge on any atom is -0.475 e. The average molecular weight is 238 g/mol. The minimum atomic E-state index is -1.13. The highest BCUT2D eigenvalue weighted by Gasteiger charge is 2.41. The minimum absolute atomic E-state index is 0.0884. The van der Waals surface area contributed by atoms with Gasteiger partial charge in [-0.25, -0.2) is 4.79 Å². The number of carboxylic acid groups (broad SMARTS) is 1. The molecule has 1 aliphatic rings. The maximum atomic E-state index is 10.8. The van der Waals surface area contributed by atoms with Gasteiger partial charge in [-0.15, -0.1) is 0 Å². The normalized spacial score (nSPS) is 18.8. The molecular formula is C12H18N2O3. The highest BCUT2D eigenvalue weighted by atomic mass is 16.5. The van der Waals surface area contributed by atoms with Crippen LogP contribution in [0.1, 0.15) is 62.5 Å². The molecule has 2 rings (SSSR count). The maximum Gasteiger partial charge on any atom is 0.377 e. The Morgan fingerprint density at radius 2 is 2.12 bits per heavy atom. The Kier molecular flexibility index (Phi) is 3.17. The Hall–Kier alpha value is -1.39. The summed E-state index contributed by atoms with van der Waals surface area (Å²) in [6.07, 6.45) is 5.32. The number of rotatable bonds is 4. The van der Waals surface area contributed by atoms with Gasteiger partial charge in [0.25, 0.3) is 5.82 Å². The Labute approximate surface area is 100 Å². The number of carboxylic acids is 1. The van der Waals surface area contributed by atoms with Crippen molar-refractivity contribution in [2.24, 2.45) is 5.92 Å². The van der Waals surface area contributed by atoms with Crippen LogP contribution in [0.15, 0.2) is 4.52 Å². The molecule has 5 nitrogen and oxygen atoms in total.